The van der Waals surface area contributed by atoms with Crippen LogP contribution in [0.25, 0.3) is 0 Å². The fourth-order valence-electron chi connectivity index (χ4n) is 2.10. The summed E-state index contributed by atoms with van der Waals surface area (Å²) in [5.41, 5.74) is 3.37. The van der Waals surface area contributed by atoms with E-state index in [4.69, 9.17) is 0 Å². The van der Waals surface area contributed by atoms with E-state index >= 15 is 0 Å². The second-order valence-electron chi connectivity index (χ2n) is 5.01. The Hall–Kier alpha value is -1.61. The third-order valence-corrected chi connectivity index (χ3v) is 4.00. The van der Waals surface area contributed by atoms with E-state index in [-0.39, 0.29) is 5.91 Å². The van der Waals surface area contributed by atoms with Gasteiger partial charge in [0.2, 0.25) is 5.91 Å². The summed E-state index contributed by atoms with van der Waals surface area (Å²) in [6, 6.07) is 16.1. The molecule has 0 bridgehead atoms. The average Bonchev–Trinajstić information content (AvgIpc) is 2.41. The largest absolute Gasteiger partial charge is 0.341 e. The lowest BCUT2D eigenvalue weighted by molar-refractivity contribution is -0.129. The molecule has 0 aliphatic carbocycles. The molecule has 2 nitrogen and oxygen atoms in total. The van der Waals surface area contributed by atoms with Crippen LogP contribution in [0.5, 0.6) is 0 Å². The van der Waals surface area contributed by atoms with E-state index < -0.39 is 0 Å². The molecule has 0 heterocycles. The topological polar surface area (TPSA) is 20.3 Å². The number of nitrogens with zero attached hydrogens (tertiary/aromatic N) is 1. The highest BCUT2D eigenvalue weighted by Gasteiger charge is 2.11. The smallest absolute Gasteiger partial charge is 0.227 e. The first kappa shape index (κ1) is 14.8. The van der Waals surface area contributed by atoms with Crippen LogP contribution in [-0.2, 0) is 17.8 Å². The molecule has 0 atom stereocenters. The minimum atomic E-state index is 0.131. The zero-order valence-corrected chi connectivity index (χ0v) is 13.4. The molecule has 0 aliphatic rings. The summed E-state index contributed by atoms with van der Waals surface area (Å²) in [4.78, 5) is 14.0. The van der Waals surface area contributed by atoms with Gasteiger partial charge in [0.15, 0.2) is 0 Å². The number of likely N-dealkylation sites (N-methyl/N-ethyl adjacent to an activating group) is 1. The van der Waals surface area contributed by atoms with Crippen molar-refractivity contribution in [2.75, 3.05) is 7.05 Å². The van der Waals surface area contributed by atoms with Gasteiger partial charge < -0.3 is 4.90 Å². The first-order valence-corrected chi connectivity index (χ1v) is 7.38. The zero-order chi connectivity index (χ0) is 14.5. The number of hydrogen-bond donors (Lipinski definition) is 0. The van der Waals surface area contributed by atoms with Crippen LogP contribution < -0.4 is 0 Å². The Bertz CT molecular complexity index is 609. The Labute approximate surface area is 128 Å². The van der Waals surface area contributed by atoms with Gasteiger partial charge in [-0.25, -0.2) is 0 Å². The van der Waals surface area contributed by atoms with Gasteiger partial charge in [-0.2, -0.15) is 0 Å². The summed E-state index contributed by atoms with van der Waals surface area (Å²) in [7, 11) is 1.84. The van der Waals surface area contributed by atoms with Gasteiger partial charge in [0.05, 0.1) is 6.42 Å². The van der Waals surface area contributed by atoms with Crippen molar-refractivity contribution in [2.24, 2.45) is 0 Å². The lowest BCUT2D eigenvalue weighted by Gasteiger charge is -2.18. The fourth-order valence-corrected chi connectivity index (χ4v) is 2.51. The van der Waals surface area contributed by atoms with Gasteiger partial charge in [0.1, 0.15) is 0 Å². The number of carbonyl (C=O) groups is 1. The molecule has 2 rings (SSSR count). The first-order chi connectivity index (χ1) is 9.56. The summed E-state index contributed by atoms with van der Waals surface area (Å²) in [6.07, 6.45) is 0.447. The SMILES string of the molecule is Cc1cccc(CC(=O)N(C)Cc2ccccc2Br)c1. The number of carbonyl (C=O) groups excluding carboxylic acids is 1. The molecular formula is C17H18BrNO. The summed E-state index contributed by atoms with van der Waals surface area (Å²) >= 11 is 3.51. The average molecular weight is 332 g/mol. The van der Waals surface area contributed by atoms with Gasteiger partial charge in [-0.1, -0.05) is 64.0 Å². The van der Waals surface area contributed by atoms with Crippen LogP contribution in [0.3, 0.4) is 0 Å². The van der Waals surface area contributed by atoms with E-state index in [2.05, 4.69) is 22.0 Å². The second kappa shape index (κ2) is 6.71. The van der Waals surface area contributed by atoms with Gasteiger partial charge in [-0.15, -0.1) is 0 Å². The van der Waals surface area contributed by atoms with Crippen molar-refractivity contribution in [3.8, 4) is 0 Å². The van der Waals surface area contributed by atoms with E-state index in [0.717, 1.165) is 15.6 Å². The lowest BCUT2D eigenvalue weighted by Crippen LogP contribution is -2.27. The van der Waals surface area contributed by atoms with Gasteiger partial charge in [0, 0.05) is 18.1 Å². The van der Waals surface area contributed by atoms with Crippen molar-refractivity contribution < 1.29 is 4.79 Å². The van der Waals surface area contributed by atoms with Gasteiger partial charge in [-0.05, 0) is 24.1 Å². The number of rotatable bonds is 4. The molecule has 0 fully saturated rings. The minimum absolute atomic E-state index is 0.131. The molecule has 0 aromatic heterocycles. The van der Waals surface area contributed by atoms with E-state index in [9.17, 15) is 4.79 Å². The Morgan fingerprint density at radius 1 is 1.15 bits per heavy atom. The summed E-state index contributed by atoms with van der Waals surface area (Å²) in [6.45, 7) is 2.66. The Morgan fingerprint density at radius 2 is 1.90 bits per heavy atom. The number of amides is 1. The molecule has 20 heavy (non-hydrogen) atoms. The highest BCUT2D eigenvalue weighted by atomic mass is 79.9. The standard InChI is InChI=1S/C17H18BrNO/c1-13-6-5-7-14(10-13)11-17(20)19(2)12-15-8-3-4-9-16(15)18/h3-10H,11-12H2,1-2H3. The van der Waals surface area contributed by atoms with Crippen molar-refractivity contribution in [3.05, 3.63) is 69.7 Å². The molecule has 2 aromatic rings. The number of halogens is 1. The van der Waals surface area contributed by atoms with E-state index in [1.807, 2.05) is 56.4 Å². The van der Waals surface area contributed by atoms with E-state index in [0.29, 0.717) is 13.0 Å². The van der Waals surface area contributed by atoms with Gasteiger partial charge >= 0.3 is 0 Å². The molecule has 0 saturated carbocycles. The molecule has 3 heteroatoms. The predicted molar refractivity (Wildman–Crippen MR) is 85.5 cm³/mol. The second-order valence-corrected chi connectivity index (χ2v) is 5.86. The Morgan fingerprint density at radius 3 is 2.60 bits per heavy atom. The quantitative estimate of drug-likeness (QED) is 0.830. The van der Waals surface area contributed by atoms with Gasteiger partial charge in [0.25, 0.3) is 0 Å². The number of hydrogen-bond acceptors (Lipinski definition) is 1. The molecular weight excluding hydrogens is 314 g/mol. The lowest BCUT2D eigenvalue weighted by atomic mass is 10.1. The molecule has 104 valence electrons. The third kappa shape index (κ3) is 3.94. The molecule has 0 spiro atoms. The van der Waals surface area contributed by atoms with Crippen molar-refractivity contribution in [1.82, 2.24) is 4.90 Å². The molecule has 1 amide bonds. The first-order valence-electron chi connectivity index (χ1n) is 6.59. The van der Waals surface area contributed by atoms with E-state index in [1.54, 1.807) is 4.90 Å². The van der Waals surface area contributed by atoms with Crippen LogP contribution >= 0.6 is 15.9 Å². The monoisotopic (exact) mass is 331 g/mol. The van der Waals surface area contributed by atoms with Crippen LogP contribution in [-0.4, -0.2) is 17.9 Å². The highest BCUT2D eigenvalue weighted by molar-refractivity contribution is 9.10. The van der Waals surface area contributed by atoms with Crippen LogP contribution in [0, 0.1) is 6.92 Å². The van der Waals surface area contributed by atoms with Crippen molar-refractivity contribution >= 4 is 21.8 Å². The molecule has 0 unspecified atom stereocenters. The van der Waals surface area contributed by atoms with Crippen LogP contribution in [0.4, 0.5) is 0 Å². The Kier molecular flexibility index (Phi) is 4.96. The maximum Gasteiger partial charge on any atom is 0.227 e. The van der Waals surface area contributed by atoms with E-state index in [1.165, 1.54) is 5.56 Å². The number of aryl methyl sites for hydroxylation is 1. The molecule has 0 radical (unpaired) electrons. The summed E-state index contributed by atoms with van der Waals surface area (Å²) in [5.74, 6) is 0.131. The maximum absolute atomic E-state index is 12.3. The Balaban J connectivity index is 2.01. The van der Waals surface area contributed by atoms with Gasteiger partial charge in [-0.3, -0.25) is 4.79 Å². The molecule has 0 N–H and O–H groups in total. The molecule has 0 saturated heterocycles. The minimum Gasteiger partial charge on any atom is -0.341 e. The maximum atomic E-state index is 12.3. The summed E-state index contributed by atoms with van der Waals surface area (Å²) < 4.78 is 1.04. The highest BCUT2D eigenvalue weighted by Crippen LogP contribution is 2.17. The van der Waals surface area contributed by atoms with Crippen molar-refractivity contribution in [3.63, 3.8) is 0 Å². The zero-order valence-electron chi connectivity index (χ0n) is 11.8. The van der Waals surface area contributed by atoms with Crippen LogP contribution in [0.15, 0.2) is 53.0 Å². The van der Waals surface area contributed by atoms with Crippen LogP contribution in [0.2, 0.25) is 0 Å². The molecule has 0 aliphatic heterocycles. The van der Waals surface area contributed by atoms with Crippen LogP contribution in [0.1, 0.15) is 16.7 Å². The normalized spacial score (nSPS) is 10.3. The fraction of sp³-hybridized carbons (Fsp3) is 0.235. The van der Waals surface area contributed by atoms with Crippen molar-refractivity contribution in [2.45, 2.75) is 19.9 Å². The summed E-state index contributed by atoms with van der Waals surface area (Å²) in [5, 5.41) is 0. The van der Waals surface area contributed by atoms with Crippen molar-refractivity contribution in [1.29, 1.82) is 0 Å². The third-order valence-electron chi connectivity index (χ3n) is 3.23. The number of benzene rings is 2. The molecule has 2 aromatic carbocycles. The predicted octanol–water partition coefficient (Wildman–Crippen LogP) is 3.96.